The van der Waals surface area contributed by atoms with Crippen molar-refractivity contribution in [1.29, 1.82) is 0 Å². The maximum absolute atomic E-state index is 12.7. The highest BCUT2D eigenvalue weighted by Crippen LogP contribution is 2.22. The number of carbonyl (C=O) groups is 2. The van der Waals surface area contributed by atoms with Crippen LogP contribution in [0.25, 0.3) is 10.9 Å². The first kappa shape index (κ1) is 16.4. The Labute approximate surface area is 141 Å². The largest absolute Gasteiger partial charge is 0.481 e. The summed E-state index contributed by atoms with van der Waals surface area (Å²) >= 11 is 0. The summed E-state index contributed by atoms with van der Waals surface area (Å²) in [5.41, 5.74) is 1.83. The summed E-state index contributed by atoms with van der Waals surface area (Å²) in [6, 6.07) is 9.91. The van der Waals surface area contributed by atoms with Crippen LogP contribution in [0.15, 0.2) is 36.5 Å². The lowest BCUT2D eigenvalue weighted by molar-refractivity contribution is -0.139. The normalized spacial score (nSPS) is 17.8. The molecule has 0 saturated carbocycles. The van der Waals surface area contributed by atoms with E-state index in [1.54, 1.807) is 6.20 Å². The molecular formula is C19H22N2O3. The highest BCUT2D eigenvalue weighted by molar-refractivity contribution is 5.83. The predicted octanol–water partition coefficient (Wildman–Crippen LogP) is 3.02. The Morgan fingerprint density at radius 1 is 1.25 bits per heavy atom. The molecule has 126 valence electrons. The molecule has 3 rings (SSSR count). The molecule has 1 amide bonds. The second-order valence-electron chi connectivity index (χ2n) is 6.38. The van der Waals surface area contributed by atoms with E-state index in [2.05, 4.69) is 4.98 Å². The van der Waals surface area contributed by atoms with Gasteiger partial charge in [-0.15, -0.1) is 0 Å². The van der Waals surface area contributed by atoms with Crippen LogP contribution in [0, 0.1) is 0 Å². The molecule has 2 aromatic rings. The SMILES string of the molecule is O=C(O)CCC1CCCCN1C(=O)Cc1cnc2ccccc2c1. The molecule has 0 bridgehead atoms. The highest BCUT2D eigenvalue weighted by atomic mass is 16.4. The summed E-state index contributed by atoms with van der Waals surface area (Å²) in [5, 5.41) is 9.92. The molecule has 5 heteroatoms. The number of pyridine rings is 1. The molecule has 1 unspecified atom stereocenters. The number of hydrogen-bond acceptors (Lipinski definition) is 3. The second kappa shape index (κ2) is 7.43. The van der Waals surface area contributed by atoms with E-state index < -0.39 is 5.97 Å². The Kier molecular flexibility index (Phi) is 5.08. The van der Waals surface area contributed by atoms with Crippen LogP contribution in [0.3, 0.4) is 0 Å². The van der Waals surface area contributed by atoms with Gasteiger partial charge in [-0.1, -0.05) is 18.2 Å². The van der Waals surface area contributed by atoms with Gasteiger partial charge in [0.1, 0.15) is 0 Å². The van der Waals surface area contributed by atoms with Crippen LogP contribution in [-0.4, -0.2) is 39.5 Å². The topological polar surface area (TPSA) is 70.5 Å². The highest BCUT2D eigenvalue weighted by Gasteiger charge is 2.27. The number of fused-ring (bicyclic) bond motifs is 1. The lowest BCUT2D eigenvalue weighted by Crippen LogP contribution is -2.44. The molecule has 0 aliphatic carbocycles. The minimum Gasteiger partial charge on any atom is -0.481 e. The van der Waals surface area contributed by atoms with Crippen LogP contribution in [-0.2, 0) is 16.0 Å². The molecule has 1 N–H and O–H groups in total. The van der Waals surface area contributed by atoms with Gasteiger partial charge in [-0.3, -0.25) is 14.6 Å². The molecule has 1 aliphatic heterocycles. The lowest BCUT2D eigenvalue weighted by atomic mass is 9.97. The first-order chi connectivity index (χ1) is 11.6. The summed E-state index contributed by atoms with van der Waals surface area (Å²) in [7, 11) is 0. The molecule has 2 heterocycles. The third kappa shape index (κ3) is 3.91. The number of likely N-dealkylation sites (tertiary alicyclic amines) is 1. The second-order valence-corrected chi connectivity index (χ2v) is 6.38. The van der Waals surface area contributed by atoms with Crippen LogP contribution in [0.4, 0.5) is 0 Å². The van der Waals surface area contributed by atoms with E-state index in [-0.39, 0.29) is 18.4 Å². The zero-order valence-electron chi connectivity index (χ0n) is 13.6. The molecule has 1 saturated heterocycles. The summed E-state index contributed by atoms with van der Waals surface area (Å²) < 4.78 is 0. The van der Waals surface area contributed by atoms with E-state index in [0.717, 1.165) is 42.3 Å². The van der Waals surface area contributed by atoms with Crippen molar-refractivity contribution < 1.29 is 14.7 Å². The van der Waals surface area contributed by atoms with Crippen molar-refractivity contribution in [1.82, 2.24) is 9.88 Å². The van der Waals surface area contributed by atoms with Crippen molar-refractivity contribution in [2.75, 3.05) is 6.54 Å². The van der Waals surface area contributed by atoms with Gasteiger partial charge in [0, 0.05) is 30.6 Å². The monoisotopic (exact) mass is 326 g/mol. The van der Waals surface area contributed by atoms with E-state index in [1.165, 1.54) is 0 Å². The first-order valence-electron chi connectivity index (χ1n) is 8.48. The van der Waals surface area contributed by atoms with Crippen molar-refractivity contribution in [3.63, 3.8) is 0 Å². The number of amides is 1. The number of aromatic nitrogens is 1. The van der Waals surface area contributed by atoms with Crippen molar-refractivity contribution in [3.8, 4) is 0 Å². The van der Waals surface area contributed by atoms with Gasteiger partial charge < -0.3 is 10.0 Å². The van der Waals surface area contributed by atoms with E-state index in [9.17, 15) is 9.59 Å². The fraction of sp³-hybridized carbons (Fsp3) is 0.421. The van der Waals surface area contributed by atoms with Crippen molar-refractivity contribution in [2.45, 2.75) is 44.6 Å². The van der Waals surface area contributed by atoms with Crippen molar-refractivity contribution in [2.24, 2.45) is 0 Å². The van der Waals surface area contributed by atoms with Crippen LogP contribution >= 0.6 is 0 Å². The van der Waals surface area contributed by atoms with E-state index in [4.69, 9.17) is 5.11 Å². The maximum atomic E-state index is 12.7. The van der Waals surface area contributed by atoms with Gasteiger partial charge in [0.25, 0.3) is 0 Å². The summed E-state index contributed by atoms with van der Waals surface area (Å²) in [4.78, 5) is 29.8. The van der Waals surface area contributed by atoms with Crippen LogP contribution in [0.1, 0.15) is 37.7 Å². The zero-order chi connectivity index (χ0) is 16.9. The number of aliphatic carboxylic acids is 1. The smallest absolute Gasteiger partial charge is 0.303 e. The summed E-state index contributed by atoms with van der Waals surface area (Å²) in [6.45, 7) is 0.726. The van der Waals surface area contributed by atoms with Crippen LogP contribution < -0.4 is 0 Å². The van der Waals surface area contributed by atoms with Gasteiger partial charge in [0.15, 0.2) is 0 Å². The third-order valence-corrected chi connectivity index (χ3v) is 4.64. The van der Waals surface area contributed by atoms with E-state index in [1.807, 2.05) is 35.2 Å². The molecule has 1 aromatic carbocycles. The molecule has 1 aromatic heterocycles. The average molecular weight is 326 g/mol. The van der Waals surface area contributed by atoms with Gasteiger partial charge >= 0.3 is 5.97 Å². The molecule has 0 radical (unpaired) electrons. The first-order valence-corrected chi connectivity index (χ1v) is 8.48. The Bertz CT molecular complexity index is 744. The van der Waals surface area contributed by atoms with Crippen molar-refractivity contribution >= 4 is 22.8 Å². The number of rotatable bonds is 5. The van der Waals surface area contributed by atoms with Gasteiger partial charge in [-0.05, 0) is 43.4 Å². The maximum Gasteiger partial charge on any atom is 0.303 e. The fourth-order valence-electron chi connectivity index (χ4n) is 3.41. The number of nitrogens with zero attached hydrogens (tertiary/aromatic N) is 2. The molecule has 1 fully saturated rings. The van der Waals surface area contributed by atoms with Gasteiger partial charge in [-0.25, -0.2) is 0 Å². The molecule has 5 nitrogen and oxygen atoms in total. The molecule has 1 atom stereocenters. The number of carbonyl (C=O) groups excluding carboxylic acids is 1. The molecule has 0 spiro atoms. The van der Waals surface area contributed by atoms with Crippen LogP contribution in [0.2, 0.25) is 0 Å². The third-order valence-electron chi connectivity index (χ3n) is 4.64. The minimum absolute atomic E-state index is 0.0516. The Hall–Kier alpha value is -2.43. The summed E-state index contributed by atoms with van der Waals surface area (Å²) in [5.74, 6) is -0.728. The lowest BCUT2D eigenvalue weighted by Gasteiger charge is -2.35. The molecule has 24 heavy (non-hydrogen) atoms. The van der Waals surface area contributed by atoms with Gasteiger partial charge in [0.05, 0.1) is 11.9 Å². The van der Waals surface area contributed by atoms with Gasteiger partial charge in [-0.2, -0.15) is 0 Å². The molecular weight excluding hydrogens is 304 g/mol. The number of piperidine rings is 1. The minimum atomic E-state index is -0.799. The number of para-hydroxylation sites is 1. The summed E-state index contributed by atoms with van der Waals surface area (Å²) in [6.07, 6.45) is 5.69. The Morgan fingerprint density at radius 2 is 2.08 bits per heavy atom. The van der Waals surface area contributed by atoms with Gasteiger partial charge in [0.2, 0.25) is 5.91 Å². The Balaban J connectivity index is 1.70. The number of hydrogen-bond donors (Lipinski definition) is 1. The molecule has 1 aliphatic rings. The average Bonchev–Trinajstić information content (AvgIpc) is 2.60. The zero-order valence-corrected chi connectivity index (χ0v) is 13.6. The van der Waals surface area contributed by atoms with E-state index in [0.29, 0.717) is 12.8 Å². The number of benzene rings is 1. The number of carboxylic acids is 1. The quantitative estimate of drug-likeness (QED) is 0.917. The van der Waals surface area contributed by atoms with Crippen molar-refractivity contribution in [3.05, 3.63) is 42.1 Å². The van der Waals surface area contributed by atoms with E-state index >= 15 is 0 Å². The number of carboxylic acid groups (broad SMARTS) is 1. The predicted molar refractivity (Wildman–Crippen MR) is 91.7 cm³/mol. The Morgan fingerprint density at radius 3 is 2.92 bits per heavy atom. The fourth-order valence-corrected chi connectivity index (χ4v) is 3.41. The van der Waals surface area contributed by atoms with Crippen LogP contribution in [0.5, 0.6) is 0 Å². The standard InChI is InChI=1S/C19H22N2O3/c22-18(21-10-4-3-6-16(21)8-9-19(23)24)12-14-11-15-5-1-2-7-17(15)20-13-14/h1-2,5,7,11,13,16H,3-4,6,8-10,12H2,(H,23,24).